The van der Waals surface area contributed by atoms with Crippen molar-refractivity contribution >= 4 is 11.9 Å². The molecular formula is C16H30N8. The number of H-pyrrole nitrogens is 2. The largest absolute Gasteiger partial charge is 0.368 e. The Morgan fingerprint density at radius 2 is 0.875 bits per heavy atom. The van der Waals surface area contributed by atoms with Crippen molar-refractivity contribution in [2.75, 3.05) is 11.5 Å². The Hall–Kier alpha value is -2.12. The van der Waals surface area contributed by atoms with Crippen LogP contribution in [0.15, 0.2) is 0 Å². The van der Waals surface area contributed by atoms with Crippen molar-refractivity contribution in [1.82, 2.24) is 30.4 Å². The number of anilines is 2. The molecule has 0 atom stereocenters. The molecule has 2 heterocycles. The van der Waals surface area contributed by atoms with Crippen molar-refractivity contribution < 1.29 is 0 Å². The van der Waals surface area contributed by atoms with Crippen LogP contribution in [-0.4, -0.2) is 30.4 Å². The van der Waals surface area contributed by atoms with Gasteiger partial charge < -0.3 is 11.5 Å². The first-order valence-corrected chi connectivity index (χ1v) is 9.07. The smallest absolute Gasteiger partial charge is 0.216 e. The van der Waals surface area contributed by atoms with Crippen LogP contribution in [0.5, 0.6) is 0 Å². The van der Waals surface area contributed by atoms with Crippen molar-refractivity contribution in [2.45, 2.75) is 77.0 Å². The Bertz CT molecular complexity index is 512. The molecule has 0 aliphatic rings. The molecule has 0 bridgehead atoms. The van der Waals surface area contributed by atoms with Crippen LogP contribution in [-0.2, 0) is 12.8 Å². The van der Waals surface area contributed by atoms with Gasteiger partial charge in [-0.2, -0.15) is 20.2 Å². The van der Waals surface area contributed by atoms with Crippen LogP contribution in [0.3, 0.4) is 0 Å². The van der Waals surface area contributed by atoms with Crippen molar-refractivity contribution in [3.05, 3.63) is 11.6 Å². The van der Waals surface area contributed by atoms with Crippen LogP contribution in [0.4, 0.5) is 11.9 Å². The number of aromatic nitrogens is 6. The quantitative estimate of drug-likeness (QED) is 0.416. The molecule has 0 radical (unpaired) electrons. The fourth-order valence-electron chi connectivity index (χ4n) is 2.83. The molecule has 2 aromatic heterocycles. The Labute approximate surface area is 143 Å². The van der Waals surface area contributed by atoms with E-state index in [9.17, 15) is 0 Å². The number of nitrogens with two attached hydrogens (primary N) is 2. The van der Waals surface area contributed by atoms with Gasteiger partial charge in [-0.15, -0.1) is 0 Å². The standard InChI is InChI=1S/C16H30N8/c17-15-19-13(21-23-15)11-9-7-5-3-1-2-4-6-8-10-12-14-20-16(18)24-22-14/h1-12H2,(H3,17,19,21,23)(H3,18,20,22,24). The van der Waals surface area contributed by atoms with Gasteiger partial charge in [0.05, 0.1) is 0 Å². The molecule has 0 fully saturated rings. The van der Waals surface area contributed by atoms with Gasteiger partial charge in [-0.05, 0) is 12.8 Å². The number of aromatic amines is 2. The van der Waals surface area contributed by atoms with Gasteiger partial charge in [0.25, 0.3) is 0 Å². The summed E-state index contributed by atoms with van der Waals surface area (Å²) in [4.78, 5) is 8.22. The van der Waals surface area contributed by atoms with E-state index >= 15 is 0 Å². The van der Waals surface area contributed by atoms with Crippen molar-refractivity contribution in [2.24, 2.45) is 0 Å². The molecule has 0 aromatic carbocycles. The van der Waals surface area contributed by atoms with Gasteiger partial charge in [0, 0.05) is 12.8 Å². The van der Waals surface area contributed by atoms with Gasteiger partial charge in [-0.1, -0.05) is 51.4 Å². The zero-order valence-corrected chi connectivity index (χ0v) is 14.4. The third-order valence-electron chi connectivity index (χ3n) is 4.15. The van der Waals surface area contributed by atoms with E-state index in [1.807, 2.05) is 0 Å². The summed E-state index contributed by atoms with van der Waals surface area (Å²) in [5, 5.41) is 13.4. The minimum Gasteiger partial charge on any atom is -0.368 e. The summed E-state index contributed by atoms with van der Waals surface area (Å²) >= 11 is 0. The number of aryl methyl sites for hydroxylation is 2. The average molecular weight is 334 g/mol. The maximum absolute atomic E-state index is 5.50. The molecule has 24 heavy (non-hydrogen) atoms. The van der Waals surface area contributed by atoms with E-state index < -0.39 is 0 Å². The second kappa shape index (κ2) is 10.6. The first-order chi connectivity index (χ1) is 11.7. The monoisotopic (exact) mass is 334 g/mol. The van der Waals surface area contributed by atoms with Crippen LogP contribution >= 0.6 is 0 Å². The summed E-state index contributed by atoms with van der Waals surface area (Å²) < 4.78 is 0. The molecule has 0 unspecified atom stereocenters. The summed E-state index contributed by atoms with van der Waals surface area (Å²) in [5.41, 5.74) is 11.0. The summed E-state index contributed by atoms with van der Waals surface area (Å²) in [6.45, 7) is 0. The van der Waals surface area contributed by atoms with E-state index in [4.69, 9.17) is 11.5 Å². The first kappa shape index (κ1) is 18.2. The number of nitrogens with one attached hydrogen (secondary N) is 2. The number of nitrogen functional groups attached to an aromatic ring is 2. The maximum atomic E-state index is 5.50. The topological polar surface area (TPSA) is 135 Å². The van der Waals surface area contributed by atoms with Gasteiger partial charge in [0.15, 0.2) is 11.6 Å². The highest BCUT2D eigenvalue weighted by atomic mass is 15.3. The predicted molar refractivity (Wildman–Crippen MR) is 95.2 cm³/mol. The molecule has 0 saturated carbocycles. The number of nitrogens with zero attached hydrogens (tertiary/aromatic N) is 4. The van der Waals surface area contributed by atoms with Gasteiger partial charge in [0.1, 0.15) is 0 Å². The van der Waals surface area contributed by atoms with E-state index in [1.165, 1.54) is 51.4 Å². The number of unbranched alkanes of at least 4 members (excludes halogenated alkanes) is 9. The highest BCUT2D eigenvalue weighted by Gasteiger charge is 2.01. The van der Waals surface area contributed by atoms with Gasteiger partial charge >= 0.3 is 0 Å². The molecule has 2 aromatic rings. The molecule has 2 rings (SSSR count). The Balaban J connectivity index is 1.32. The molecule has 134 valence electrons. The molecule has 0 saturated heterocycles. The SMILES string of the molecule is Nc1nc(CCCCCCCCCCCCc2n[nH]c(N)n2)n[nH]1. The Morgan fingerprint density at radius 3 is 1.17 bits per heavy atom. The lowest BCUT2D eigenvalue weighted by molar-refractivity contribution is 0.548. The lowest BCUT2D eigenvalue weighted by Crippen LogP contribution is -1.91. The van der Waals surface area contributed by atoms with E-state index in [2.05, 4.69) is 30.4 Å². The summed E-state index contributed by atoms with van der Waals surface area (Å²) in [6.07, 6.45) is 14.5. The fraction of sp³-hybridized carbons (Fsp3) is 0.750. The normalized spacial score (nSPS) is 11.2. The van der Waals surface area contributed by atoms with Crippen LogP contribution in [0.1, 0.15) is 75.9 Å². The maximum Gasteiger partial charge on any atom is 0.216 e. The van der Waals surface area contributed by atoms with E-state index in [-0.39, 0.29) is 0 Å². The third-order valence-corrected chi connectivity index (χ3v) is 4.15. The van der Waals surface area contributed by atoms with Crippen LogP contribution in [0.2, 0.25) is 0 Å². The Morgan fingerprint density at radius 1 is 0.542 bits per heavy atom. The van der Waals surface area contributed by atoms with Gasteiger partial charge in [-0.25, -0.2) is 10.2 Å². The van der Waals surface area contributed by atoms with Crippen LogP contribution in [0.25, 0.3) is 0 Å². The van der Waals surface area contributed by atoms with Crippen molar-refractivity contribution in [3.63, 3.8) is 0 Å². The van der Waals surface area contributed by atoms with E-state index in [0.717, 1.165) is 37.3 Å². The van der Waals surface area contributed by atoms with Crippen molar-refractivity contribution in [3.8, 4) is 0 Å². The molecule has 0 spiro atoms. The van der Waals surface area contributed by atoms with Crippen molar-refractivity contribution in [1.29, 1.82) is 0 Å². The van der Waals surface area contributed by atoms with Gasteiger partial charge in [0.2, 0.25) is 11.9 Å². The summed E-state index contributed by atoms with van der Waals surface area (Å²) in [5.74, 6) is 2.49. The minimum absolute atomic E-state index is 0.412. The highest BCUT2D eigenvalue weighted by molar-refractivity contribution is 5.12. The van der Waals surface area contributed by atoms with Crippen LogP contribution < -0.4 is 11.5 Å². The number of rotatable bonds is 13. The summed E-state index contributed by atoms with van der Waals surface area (Å²) in [6, 6.07) is 0. The number of hydrogen-bond acceptors (Lipinski definition) is 6. The third kappa shape index (κ3) is 7.43. The molecule has 6 N–H and O–H groups in total. The first-order valence-electron chi connectivity index (χ1n) is 9.07. The predicted octanol–water partition coefficient (Wildman–Crippen LogP) is 2.77. The second-order valence-corrected chi connectivity index (χ2v) is 6.31. The molecule has 8 heteroatoms. The molecular weight excluding hydrogens is 304 g/mol. The fourth-order valence-corrected chi connectivity index (χ4v) is 2.83. The minimum atomic E-state index is 0.412. The number of hydrogen-bond donors (Lipinski definition) is 4. The summed E-state index contributed by atoms with van der Waals surface area (Å²) in [7, 11) is 0. The van der Waals surface area contributed by atoms with E-state index in [1.54, 1.807) is 0 Å². The lowest BCUT2D eigenvalue weighted by Gasteiger charge is -2.02. The second-order valence-electron chi connectivity index (χ2n) is 6.31. The molecule has 0 amide bonds. The molecule has 0 aliphatic heterocycles. The van der Waals surface area contributed by atoms with Gasteiger partial charge in [-0.3, -0.25) is 0 Å². The highest BCUT2D eigenvalue weighted by Crippen LogP contribution is 2.12. The Kier molecular flexibility index (Phi) is 8.06. The molecule has 0 aliphatic carbocycles. The van der Waals surface area contributed by atoms with Crippen LogP contribution in [0, 0.1) is 0 Å². The molecule has 8 nitrogen and oxygen atoms in total. The zero-order chi connectivity index (χ0) is 17.0. The zero-order valence-electron chi connectivity index (χ0n) is 14.4. The lowest BCUT2D eigenvalue weighted by atomic mass is 10.0. The average Bonchev–Trinajstić information content (AvgIpc) is 3.17. The van der Waals surface area contributed by atoms with E-state index in [0.29, 0.717) is 11.9 Å².